The molecule has 2 N–H and O–H groups in total. The minimum Gasteiger partial charge on any atom is -0.493 e. The Morgan fingerprint density at radius 2 is 2.00 bits per heavy atom. The van der Waals surface area contributed by atoms with E-state index in [1.807, 2.05) is 25.1 Å². The van der Waals surface area contributed by atoms with Crippen molar-refractivity contribution >= 4 is 5.91 Å². The number of carbonyl (C=O) groups is 1. The Bertz CT molecular complexity index is 408. The Morgan fingerprint density at radius 1 is 1.21 bits per heavy atom. The van der Waals surface area contributed by atoms with Crippen LogP contribution in [0.1, 0.15) is 19.4 Å². The zero-order valence-electron chi connectivity index (χ0n) is 11.8. The highest BCUT2D eigenvalue weighted by molar-refractivity contribution is 5.77. The van der Waals surface area contributed by atoms with E-state index in [0.29, 0.717) is 18.0 Å². The molecule has 1 aromatic carbocycles. The minimum atomic E-state index is -0.137. The van der Waals surface area contributed by atoms with Gasteiger partial charge in [-0.3, -0.25) is 4.79 Å². The number of amides is 1. The lowest BCUT2D eigenvalue weighted by atomic mass is 10.2. The van der Waals surface area contributed by atoms with Crippen molar-refractivity contribution in [1.82, 2.24) is 10.6 Å². The van der Waals surface area contributed by atoms with Gasteiger partial charge in [0.2, 0.25) is 0 Å². The number of likely N-dealkylation sites (N-methyl/N-ethyl adjacent to an activating group) is 1. The van der Waals surface area contributed by atoms with Crippen LogP contribution < -0.4 is 20.1 Å². The number of rotatable bonds is 8. The fourth-order valence-corrected chi connectivity index (χ4v) is 1.60. The SMILES string of the molecule is CCNCc1ccc(OC)c(OCC(=O)NCC)c1. The molecule has 0 saturated carbocycles. The molecule has 0 saturated heterocycles. The van der Waals surface area contributed by atoms with Crippen molar-refractivity contribution in [2.24, 2.45) is 0 Å². The van der Waals surface area contributed by atoms with Gasteiger partial charge in [-0.2, -0.15) is 0 Å². The second-order valence-corrected chi connectivity index (χ2v) is 4.01. The summed E-state index contributed by atoms with van der Waals surface area (Å²) in [7, 11) is 1.58. The maximum absolute atomic E-state index is 11.4. The van der Waals surface area contributed by atoms with Crippen molar-refractivity contribution in [2.75, 3.05) is 26.8 Å². The first-order valence-corrected chi connectivity index (χ1v) is 6.48. The lowest BCUT2D eigenvalue weighted by Gasteiger charge is -2.12. The summed E-state index contributed by atoms with van der Waals surface area (Å²) in [6, 6.07) is 5.71. The van der Waals surface area contributed by atoms with Gasteiger partial charge in [-0.25, -0.2) is 0 Å². The molecule has 0 bridgehead atoms. The molecule has 0 aliphatic rings. The van der Waals surface area contributed by atoms with Crippen LogP contribution in [0.25, 0.3) is 0 Å². The van der Waals surface area contributed by atoms with E-state index in [9.17, 15) is 4.79 Å². The predicted octanol–water partition coefficient (Wildman–Crippen LogP) is 1.32. The first kappa shape index (κ1) is 15.3. The lowest BCUT2D eigenvalue weighted by Crippen LogP contribution is -2.28. The van der Waals surface area contributed by atoms with E-state index in [2.05, 4.69) is 17.6 Å². The fourth-order valence-electron chi connectivity index (χ4n) is 1.60. The van der Waals surface area contributed by atoms with E-state index in [1.165, 1.54) is 0 Å². The standard InChI is InChI=1S/C14H22N2O3/c1-4-15-9-11-6-7-12(18-3)13(8-11)19-10-14(17)16-5-2/h6-8,15H,4-5,9-10H2,1-3H3,(H,16,17). The Hall–Kier alpha value is -1.75. The number of hydrogen-bond acceptors (Lipinski definition) is 4. The second-order valence-electron chi connectivity index (χ2n) is 4.01. The molecule has 106 valence electrons. The summed E-state index contributed by atoms with van der Waals surface area (Å²) >= 11 is 0. The van der Waals surface area contributed by atoms with Gasteiger partial charge < -0.3 is 20.1 Å². The first-order chi connectivity index (χ1) is 9.21. The summed E-state index contributed by atoms with van der Waals surface area (Å²) in [5.74, 6) is 1.08. The molecule has 0 aromatic heterocycles. The molecule has 1 amide bonds. The van der Waals surface area contributed by atoms with E-state index in [1.54, 1.807) is 7.11 Å². The molecular formula is C14H22N2O3. The number of methoxy groups -OCH3 is 1. The molecule has 5 nitrogen and oxygen atoms in total. The van der Waals surface area contributed by atoms with Gasteiger partial charge in [-0.1, -0.05) is 13.0 Å². The summed E-state index contributed by atoms with van der Waals surface area (Å²) in [5, 5.41) is 5.92. The van der Waals surface area contributed by atoms with Crippen LogP contribution in [0.15, 0.2) is 18.2 Å². The van der Waals surface area contributed by atoms with E-state index in [-0.39, 0.29) is 12.5 Å². The average Bonchev–Trinajstić information content (AvgIpc) is 2.43. The number of carbonyl (C=O) groups excluding carboxylic acids is 1. The molecule has 0 radical (unpaired) electrons. The van der Waals surface area contributed by atoms with Crippen molar-refractivity contribution in [2.45, 2.75) is 20.4 Å². The van der Waals surface area contributed by atoms with Gasteiger partial charge in [-0.15, -0.1) is 0 Å². The van der Waals surface area contributed by atoms with Crippen molar-refractivity contribution in [3.63, 3.8) is 0 Å². The van der Waals surface area contributed by atoms with Gasteiger partial charge >= 0.3 is 0 Å². The fraction of sp³-hybridized carbons (Fsp3) is 0.500. The third-order valence-corrected chi connectivity index (χ3v) is 2.54. The van der Waals surface area contributed by atoms with Crippen LogP contribution in [0.3, 0.4) is 0 Å². The van der Waals surface area contributed by atoms with Crippen molar-refractivity contribution in [3.05, 3.63) is 23.8 Å². The molecule has 0 atom stereocenters. The highest BCUT2D eigenvalue weighted by Gasteiger charge is 2.08. The molecule has 0 unspecified atom stereocenters. The van der Waals surface area contributed by atoms with Crippen LogP contribution in [-0.2, 0) is 11.3 Å². The highest BCUT2D eigenvalue weighted by Crippen LogP contribution is 2.27. The molecule has 0 aliphatic heterocycles. The summed E-state index contributed by atoms with van der Waals surface area (Å²) in [5.41, 5.74) is 1.09. The Morgan fingerprint density at radius 3 is 2.63 bits per heavy atom. The Balaban J connectivity index is 2.69. The van der Waals surface area contributed by atoms with Crippen molar-refractivity contribution in [3.8, 4) is 11.5 Å². The number of ether oxygens (including phenoxy) is 2. The Labute approximate surface area is 114 Å². The van der Waals surface area contributed by atoms with E-state index in [0.717, 1.165) is 18.7 Å². The summed E-state index contributed by atoms with van der Waals surface area (Å²) in [6.07, 6.45) is 0. The first-order valence-electron chi connectivity index (χ1n) is 6.48. The second kappa shape index (κ2) is 8.37. The maximum Gasteiger partial charge on any atom is 0.257 e. The zero-order valence-corrected chi connectivity index (χ0v) is 11.8. The molecule has 5 heteroatoms. The largest absolute Gasteiger partial charge is 0.493 e. The van der Waals surface area contributed by atoms with Crippen molar-refractivity contribution in [1.29, 1.82) is 0 Å². The third-order valence-electron chi connectivity index (χ3n) is 2.54. The van der Waals surface area contributed by atoms with E-state index >= 15 is 0 Å². The normalized spacial score (nSPS) is 10.1. The van der Waals surface area contributed by atoms with Gasteiger partial charge in [-0.05, 0) is 31.2 Å². The quantitative estimate of drug-likeness (QED) is 0.745. The molecule has 1 rings (SSSR count). The van der Waals surface area contributed by atoms with E-state index < -0.39 is 0 Å². The molecule has 0 spiro atoms. The molecular weight excluding hydrogens is 244 g/mol. The van der Waals surface area contributed by atoms with Crippen LogP contribution in [-0.4, -0.2) is 32.7 Å². The van der Waals surface area contributed by atoms with Crippen LogP contribution in [0.4, 0.5) is 0 Å². The van der Waals surface area contributed by atoms with Gasteiger partial charge in [0.05, 0.1) is 7.11 Å². The molecule has 0 fully saturated rings. The van der Waals surface area contributed by atoms with Crippen LogP contribution in [0.2, 0.25) is 0 Å². The molecule has 0 aliphatic carbocycles. The molecule has 19 heavy (non-hydrogen) atoms. The number of benzene rings is 1. The zero-order chi connectivity index (χ0) is 14.1. The summed E-state index contributed by atoms with van der Waals surface area (Å²) < 4.78 is 10.7. The maximum atomic E-state index is 11.4. The monoisotopic (exact) mass is 266 g/mol. The minimum absolute atomic E-state index is 0.00510. The molecule has 0 heterocycles. The van der Waals surface area contributed by atoms with E-state index in [4.69, 9.17) is 9.47 Å². The summed E-state index contributed by atoms with van der Waals surface area (Å²) in [4.78, 5) is 11.4. The van der Waals surface area contributed by atoms with Gasteiger partial charge in [0, 0.05) is 13.1 Å². The molecule has 1 aromatic rings. The topological polar surface area (TPSA) is 59.6 Å². The predicted molar refractivity (Wildman–Crippen MR) is 74.6 cm³/mol. The smallest absolute Gasteiger partial charge is 0.257 e. The highest BCUT2D eigenvalue weighted by atomic mass is 16.5. The van der Waals surface area contributed by atoms with Crippen LogP contribution in [0.5, 0.6) is 11.5 Å². The Kier molecular flexibility index (Phi) is 6.74. The third kappa shape index (κ3) is 5.18. The van der Waals surface area contributed by atoms with Gasteiger partial charge in [0.1, 0.15) is 0 Å². The van der Waals surface area contributed by atoms with Crippen molar-refractivity contribution < 1.29 is 14.3 Å². The number of hydrogen-bond donors (Lipinski definition) is 2. The van der Waals surface area contributed by atoms with Gasteiger partial charge in [0.15, 0.2) is 18.1 Å². The van der Waals surface area contributed by atoms with Gasteiger partial charge in [0.25, 0.3) is 5.91 Å². The number of nitrogens with one attached hydrogen (secondary N) is 2. The summed E-state index contributed by atoms with van der Waals surface area (Å²) in [6.45, 7) is 6.18. The average molecular weight is 266 g/mol. The van der Waals surface area contributed by atoms with Crippen LogP contribution >= 0.6 is 0 Å². The lowest BCUT2D eigenvalue weighted by molar-refractivity contribution is -0.123. The van der Waals surface area contributed by atoms with Crippen LogP contribution in [0, 0.1) is 0 Å².